The van der Waals surface area contributed by atoms with Gasteiger partial charge in [-0.15, -0.1) is 12.4 Å². The SMILES string of the molecule is Cl.NCC(NC(=O)CCc1cnn(-c2ccccc2)c1)C1CCCCC1. The minimum absolute atomic E-state index is 0. The Morgan fingerprint density at radius 2 is 1.96 bits per heavy atom. The van der Waals surface area contributed by atoms with E-state index in [-0.39, 0.29) is 24.4 Å². The van der Waals surface area contributed by atoms with Crippen LogP contribution >= 0.6 is 12.4 Å². The standard InChI is InChI=1S/C20H28N4O.ClH/c21-13-19(17-7-3-1-4-8-17)23-20(25)12-11-16-14-22-24(15-16)18-9-5-2-6-10-18;/h2,5-6,9-10,14-15,17,19H,1,3-4,7-8,11-13,21H2,(H,23,25);1H. The Morgan fingerprint density at radius 1 is 1.23 bits per heavy atom. The van der Waals surface area contributed by atoms with Crippen LogP contribution in [0.5, 0.6) is 0 Å². The summed E-state index contributed by atoms with van der Waals surface area (Å²) in [5, 5.41) is 7.53. The number of benzene rings is 1. The first kappa shape index (κ1) is 20.5. The third-order valence-electron chi connectivity index (χ3n) is 5.12. The smallest absolute Gasteiger partial charge is 0.220 e. The molecule has 2 aromatic rings. The van der Waals surface area contributed by atoms with Crippen molar-refractivity contribution in [3.63, 3.8) is 0 Å². The number of para-hydroxylation sites is 1. The lowest BCUT2D eigenvalue weighted by Crippen LogP contribution is -2.45. The summed E-state index contributed by atoms with van der Waals surface area (Å²) in [4.78, 5) is 12.3. The number of aryl methyl sites for hydroxylation is 1. The number of hydrogen-bond acceptors (Lipinski definition) is 3. The highest BCUT2D eigenvalue weighted by molar-refractivity contribution is 5.85. The third-order valence-corrected chi connectivity index (χ3v) is 5.12. The van der Waals surface area contributed by atoms with E-state index in [2.05, 4.69) is 10.4 Å². The van der Waals surface area contributed by atoms with Gasteiger partial charge in [0.2, 0.25) is 5.91 Å². The fourth-order valence-corrected chi connectivity index (χ4v) is 3.65. The second-order valence-corrected chi connectivity index (χ2v) is 6.94. The fraction of sp³-hybridized carbons (Fsp3) is 0.500. The van der Waals surface area contributed by atoms with E-state index in [0.717, 1.165) is 11.3 Å². The van der Waals surface area contributed by atoms with Crippen LogP contribution in [-0.4, -0.2) is 28.3 Å². The Labute approximate surface area is 161 Å². The quantitative estimate of drug-likeness (QED) is 0.779. The Balaban J connectivity index is 0.00000243. The summed E-state index contributed by atoms with van der Waals surface area (Å²) in [5.41, 5.74) is 8.00. The molecule has 3 rings (SSSR count). The van der Waals surface area contributed by atoms with Crippen LogP contribution in [0.3, 0.4) is 0 Å². The molecule has 0 spiro atoms. The molecule has 1 atom stereocenters. The highest BCUT2D eigenvalue weighted by Crippen LogP contribution is 2.26. The van der Waals surface area contributed by atoms with Gasteiger partial charge in [-0.2, -0.15) is 5.10 Å². The van der Waals surface area contributed by atoms with Crippen LogP contribution in [0.15, 0.2) is 42.7 Å². The largest absolute Gasteiger partial charge is 0.352 e. The zero-order valence-corrected chi connectivity index (χ0v) is 16.0. The van der Waals surface area contributed by atoms with Gasteiger partial charge < -0.3 is 11.1 Å². The molecule has 0 radical (unpaired) electrons. The van der Waals surface area contributed by atoms with Crippen LogP contribution < -0.4 is 11.1 Å². The van der Waals surface area contributed by atoms with E-state index in [1.165, 1.54) is 32.1 Å². The van der Waals surface area contributed by atoms with E-state index < -0.39 is 0 Å². The molecule has 0 saturated heterocycles. The maximum Gasteiger partial charge on any atom is 0.220 e. The monoisotopic (exact) mass is 376 g/mol. The molecule has 26 heavy (non-hydrogen) atoms. The molecule has 1 heterocycles. The van der Waals surface area contributed by atoms with Crippen molar-refractivity contribution in [2.75, 3.05) is 6.54 Å². The summed E-state index contributed by atoms with van der Waals surface area (Å²) in [5.74, 6) is 0.636. The number of carbonyl (C=O) groups is 1. The molecule has 0 aliphatic heterocycles. The number of carbonyl (C=O) groups excluding carboxylic acids is 1. The molecule has 1 aromatic heterocycles. The normalized spacial score (nSPS) is 15.9. The third kappa shape index (κ3) is 5.58. The van der Waals surface area contributed by atoms with Gasteiger partial charge in [0, 0.05) is 25.2 Å². The fourth-order valence-electron chi connectivity index (χ4n) is 3.65. The molecule has 1 unspecified atom stereocenters. The van der Waals surface area contributed by atoms with Gasteiger partial charge in [-0.3, -0.25) is 4.79 Å². The molecule has 3 N–H and O–H groups in total. The molecule has 1 aliphatic rings. The summed E-state index contributed by atoms with van der Waals surface area (Å²) in [6.07, 6.45) is 11.2. The van der Waals surface area contributed by atoms with Gasteiger partial charge in [-0.25, -0.2) is 4.68 Å². The lowest BCUT2D eigenvalue weighted by Gasteiger charge is -2.30. The Kier molecular flexibility index (Phi) is 8.13. The van der Waals surface area contributed by atoms with E-state index in [1.807, 2.05) is 47.4 Å². The zero-order chi connectivity index (χ0) is 17.5. The predicted octanol–water partition coefficient (Wildman–Crippen LogP) is 3.25. The molecular weight excluding hydrogens is 348 g/mol. The number of amides is 1. The maximum atomic E-state index is 12.3. The van der Waals surface area contributed by atoms with Crippen LogP contribution in [0.1, 0.15) is 44.1 Å². The minimum atomic E-state index is 0. The zero-order valence-electron chi connectivity index (χ0n) is 15.1. The minimum Gasteiger partial charge on any atom is -0.352 e. The van der Waals surface area contributed by atoms with Gasteiger partial charge in [-0.1, -0.05) is 37.5 Å². The molecule has 5 nitrogen and oxygen atoms in total. The number of aromatic nitrogens is 2. The summed E-state index contributed by atoms with van der Waals surface area (Å²) in [6.45, 7) is 0.530. The van der Waals surface area contributed by atoms with Gasteiger partial charge in [-0.05, 0) is 42.9 Å². The van der Waals surface area contributed by atoms with Crippen molar-refractivity contribution < 1.29 is 4.79 Å². The molecule has 1 aliphatic carbocycles. The number of hydrogen-bond donors (Lipinski definition) is 2. The van der Waals surface area contributed by atoms with E-state index >= 15 is 0 Å². The van der Waals surface area contributed by atoms with Crippen LogP contribution in [0, 0.1) is 5.92 Å². The number of rotatable bonds is 7. The molecule has 1 fully saturated rings. The topological polar surface area (TPSA) is 72.9 Å². The van der Waals surface area contributed by atoms with Crippen molar-refractivity contribution in [2.45, 2.75) is 51.0 Å². The van der Waals surface area contributed by atoms with Gasteiger partial charge in [0.05, 0.1) is 11.9 Å². The first-order valence-corrected chi connectivity index (χ1v) is 9.34. The van der Waals surface area contributed by atoms with Crippen molar-refractivity contribution in [1.82, 2.24) is 15.1 Å². The predicted molar refractivity (Wildman–Crippen MR) is 107 cm³/mol. The van der Waals surface area contributed by atoms with E-state index in [4.69, 9.17) is 5.73 Å². The second-order valence-electron chi connectivity index (χ2n) is 6.94. The summed E-state index contributed by atoms with van der Waals surface area (Å²) in [7, 11) is 0. The molecule has 1 aromatic carbocycles. The van der Waals surface area contributed by atoms with Gasteiger partial charge in [0.15, 0.2) is 0 Å². The van der Waals surface area contributed by atoms with E-state index in [9.17, 15) is 4.79 Å². The summed E-state index contributed by atoms with van der Waals surface area (Å²) < 4.78 is 1.85. The number of halogens is 1. The van der Waals surface area contributed by atoms with Crippen molar-refractivity contribution in [1.29, 1.82) is 0 Å². The molecule has 142 valence electrons. The highest BCUT2D eigenvalue weighted by Gasteiger charge is 2.23. The van der Waals surface area contributed by atoms with Gasteiger partial charge >= 0.3 is 0 Å². The molecule has 1 amide bonds. The lowest BCUT2D eigenvalue weighted by atomic mass is 9.84. The molecule has 0 bridgehead atoms. The van der Waals surface area contributed by atoms with Crippen LogP contribution in [-0.2, 0) is 11.2 Å². The average molecular weight is 377 g/mol. The number of nitrogens with two attached hydrogens (primary N) is 1. The number of nitrogens with one attached hydrogen (secondary N) is 1. The maximum absolute atomic E-state index is 12.3. The van der Waals surface area contributed by atoms with Gasteiger partial charge in [0.25, 0.3) is 0 Å². The van der Waals surface area contributed by atoms with Crippen LogP contribution in [0.25, 0.3) is 5.69 Å². The average Bonchev–Trinajstić information content (AvgIpc) is 3.15. The van der Waals surface area contributed by atoms with Crippen LogP contribution in [0.4, 0.5) is 0 Å². The highest BCUT2D eigenvalue weighted by atomic mass is 35.5. The first-order chi connectivity index (χ1) is 12.3. The Morgan fingerprint density at radius 3 is 2.65 bits per heavy atom. The molecule has 6 heteroatoms. The van der Waals surface area contributed by atoms with Crippen molar-refractivity contribution in [2.24, 2.45) is 11.7 Å². The first-order valence-electron chi connectivity index (χ1n) is 9.34. The second kappa shape index (κ2) is 10.3. The van der Waals surface area contributed by atoms with Crippen molar-refractivity contribution >= 4 is 18.3 Å². The molecule has 1 saturated carbocycles. The Hall–Kier alpha value is -1.85. The van der Waals surface area contributed by atoms with E-state index in [1.54, 1.807) is 0 Å². The van der Waals surface area contributed by atoms with Crippen molar-refractivity contribution in [3.05, 3.63) is 48.3 Å². The van der Waals surface area contributed by atoms with Crippen molar-refractivity contribution in [3.8, 4) is 5.69 Å². The summed E-state index contributed by atoms with van der Waals surface area (Å²) in [6, 6.07) is 10.1. The Bertz CT molecular complexity index is 667. The molecular formula is C20H29ClN4O. The lowest BCUT2D eigenvalue weighted by molar-refractivity contribution is -0.122. The van der Waals surface area contributed by atoms with E-state index in [0.29, 0.717) is 25.3 Å². The summed E-state index contributed by atoms with van der Waals surface area (Å²) >= 11 is 0. The van der Waals surface area contributed by atoms with Crippen LogP contribution in [0.2, 0.25) is 0 Å². The van der Waals surface area contributed by atoms with Gasteiger partial charge in [0.1, 0.15) is 0 Å². The number of nitrogens with zero attached hydrogens (tertiary/aromatic N) is 2.